The molecule has 5 heteroatoms. The molecule has 1 aromatic carbocycles. The maximum Gasteiger partial charge on any atom is 0.247 e. The van der Waals surface area contributed by atoms with Crippen molar-refractivity contribution in [1.29, 1.82) is 0 Å². The maximum absolute atomic E-state index is 12.8. The van der Waals surface area contributed by atoms with Crippen molar-refractivity contribution in [3.8, 4) is 0 Å². The zero-order chi connectivity index (χ0) is 16.7. The Hall–Kier alpha value is -1.36. The molecular formula is C17H25NO3S. The first-order valence-corrected chi connectivity index (χ1v) is 9.25. The lowest BCUT2D eigenvalue weighted by Crippen LogP contribution is -2.50. The van der Waals surface area contributed by atoms with E-state index in [4.69, 9.17) is 0 Å². The van der Waals surface area contributed by atoms with Crippen LogP contribution in [0, 0.1) is 0 Å². The Kier molecular flexibility index (Phi) is 4.39. The molecule has 0 radical (unpaired) electrons. The summed E-state index contributed by atoms with van der Waals surface area (Å²) in [5.74, 6) is -0.0213. The first-order chi connectivity index (χ1) is 10.1. The van der Waals surface area contributed by atoms with E-state index in [1.54, 1.807) is 7.05 Å². The van der Waals surface area contributed by atoms with Gasteiger partial charge in [-0.3, -0.25) is 4.79 Å². The van der Waals surface area contributed by atoms with Gasteiger partial charge in [0.1, 0.15) is 4.75 Å². The number of sulfone groups is 1. The highest BCUT2D eigenvalue weighted by molar-refractivity contribution is 7.94. The van der Waals surface area contributed by atoms with Gasteiger partial charge < -0.3 is 4.90 Å². The number of amides is 1. The van der Waals surface area contributed by atoms with Crippen LogP contribution in [0.15, 0.2) is 24.3 Å². The van der Waals surface area contributed by atoms with Gasteiger partial charge in [0.25, 0.3) is 0 Å². The van der Waals surface area contributed by atoms with Gasteiger partial charge in [-0.2, -0.15) is 0 Å². The van der Waals surface area contributed by atoms with Gasteiger partial charge in [-0.25, -0.2) is 8.42 Å². The van der Waals surface area contributed by atoms with E-state index in [1.807, 2.05) is 24.3 Å². The number of rotatable bonds is 5. The predicted molar refractivity (Wildman–Crippen MR) is 90.0 cm³/mol. The standard InChI is InChI=1S/C17H25NO3S/c1-12(2)13-7-6-8-14(11-13)18(5)16(19)17(3,4)22(20,21)15-9-10-15/h6-8,11-12,15H,9-10H2,1-5H3. The average molecular weight is 323 g/mol. The molecule has 1 fully saturated rings. The lowest BCUT2D eigenvalue weighted by molar-refractivity contribution is -0.120. The van der Waals surface area contributed by atoms with E-state index in [0.29, 0.717) is 18.8 Å². The Morgan fingerprint density at radius 3 is 2.36 bits per heavy atom. The summed E-state index contributed by atoms with van der Waals surface area (Å²) >= 11 is 0. The fourth-order valence-electron chi connectivity index (χ4n) is 2.53. The number of carbonyl (C=O) groups excluding carboxylic acids is 1. The molecule has 1 aromatic rings. The molecule has 1 saturated carbocycles. The molecule has 0 spiro atoms. The van der Waals surface area contributed by atoms with Gasteiger partial charge >= 0.3 is 0 Å². The number of nitrogens with zero attached hydrogens (tertiary/aromatic N) is 1. The molecule has 4 nitrogen and oxygen atoms in total. The molecule has 1 aliphatic rings. The summed E-state index contributed by atoms with van der Waals surface area (Å²) in [4.78, 5) is 14.2. The second-order valence-electron chi connectivity index (χ2n) is 6.87. The van der Waals surface area contributed by atoms with Gasteiger partial charge in [0.2, 0.25) is 5.91 Å². The minimum atomic E-state index is -3.44. The lowest BCUT2D eigenvalue weighted by Gasteiger charge is -2.29. The van der Waals surface area contributed by atoms with E-state index in [2.05, 4.69) is 13.8 Å². The van der Waals surface area contributed by atoms with E-state index < -0.39 is 14.6 Å². The molecule has 22 heavy (non-hydrogen) atoms. The van der Waals surface area contributed by atoms with Crippen molar-refractivity contribution in [2.75, 3.05) is 11.9 Å². The lowest BCUT2D eigenvalue weighted by atomic mass is 10.0. The number of benzene rings is 1. The van der Waals surface area contributed by atoms with Gasteiger partial charge in [0.15, 0.2) is 9.84 Å². The van der Waals surface area contributed by atoms with Crippen molar-refractivity contribution in [2.24, 2.45) is 0 Å². The molecule has 0 atom stereocenters. The van der Waals surface area contributed by atoms with E-state index in [9.17, 15) is 13.2 Å². The summed E-state index contributed by atoms with van der Waals surface area (Å²) in [7, 11) is -1.79. The van der Waals surface area contributed by atoms with Gasteiger partial charge in [0, 0.05) is 12.7 Å². The molecule has 1 amide bonds. The zero-order valence-electron chi connectivity index (χ0n) is 14.0. The van der Waals surface area contributed by atoms with E-state index >= 15 is 0 Å². The Balaban J connectivity index is 2.30. The van der Waals surface area contributed by atoms with E-state index in [0.717, 1.165) is 11.3 Å². The maximum atomic E-state index is 12.8. The van der Waals surface area contributed by atoms with Crippen molar-refractivity contribution in [2.45, 2.75) is 56.5 Å². The highest BCUT2D eigenvalue weighted by Gasteiger charge is 2.51. The van der Waals surface area contributed by atoms with Crippen LogP contribution in [0.4, 0.5) is 5.69 Å². The van der Waals surface area contributed by atoms with Gasteiger partial charge in [0.05, 0.1) is 5.25 Å². The smallest absolute Gasteiger partial charge is 0.247 e. The zero-order valence-corrected chi connectivity index (χ0v) is 14.8. The normalized spacial score (nSPS) is 15.9. The molecule has 0 aliphatic heterocycles. The number of hydrogen-bond acceptors (Lipinski definition) is 3. The van der Waals surface area contributed by atoms with E-state index in [1.165, 1.54) is 18.7 Å². The summed E-state index contributed by atoms with van der Waals surface area (Å²) in [5, 5.41) is -0.346. The van der Waals surface area contributed by atoms with Crippen LogP contribution in [-0.2, 0) is 14.6 Å². The van der Waals surface area contributed by atoms with Crippen molar-refractivity contribution < 1.29 is 13.2 Å². The summed E-state index contributed by atoms with van der Waals surface area (Å²) in [6.07, 6.45) is 1.34. The summed E-state index contributed by atoms with van der Waals surface area (Å²) in [6.45, 7) is 7.21. The third kappa shape index (κ3) is 2.91. The van der Waals surface area contributed by atoms with Crippen molar-refractivity contribution in [1.82, 2.24) is 0 Å². The average Bonchev–Trinajstić information content (AvgIpc) is 3.30. The van der Waals surface area contributed by atoms with Gasteiger partial charge in [-0.05, 0) is 50.3 Å². The molecule has 0 bridgehead atoms. The third-order valence-corrected chi connectivity index (χ3v) is 7.36. The second kappa shape index (κ2) is 5.69. The predicted octanol–water partition coefficient (Wildman–Crippen LogP) is 3.13. The summed E-state index contributed by atoms with van der Waals surface area (Å²) in [6, 6.07) is 7.70. The molecule has 2 rings (SSSR count). The van der Waals surface area contributed by atoms with Crippen LogP contribution in [0.25, 0.3) is 0 Å². The minimum absolute atomic E-state index is 0.346. The SMILES string of the molecule is CC(C)c1cccc(N(C)C(=O)C(C)(C)S(=O)(=O)C2CC2)c1. The molecule has 122 valence electrons. The molecule has 1 aliphatic carbocycles. The summed E-state index contributed by atoms with van der Waals surface area (Å²) < 4.78 is 23.6. The molecule has 0 saturated heterocycles. The monoisotopic (exact) mass is 323 g/mol. The van der Waals surface area contributed by atoms with Crippen LogP contribution in [0.2, 0.25) is 0 Å². The molecule has 0 aromatic heterocycles. The number of anilines is 1. The van der Waals surface area contributed by atoms with Crippen molar-refractivity contribution in [3.05, 3.63) is 29.8 Å². The van der Waals surface area contributed by atoms with Crippen LogP contribution in [-0.4, -0.2) is 31.4 Å². The largest absolute Gasteiger partial charge is 0.314 e. The van der Waals surface area contributed by atoms with Crippen molar-refractivity contribution >= 4 is 21.4 Å². The molecular weight excluding hydrogens is 298 g/mol. The Bertz CT molecular complexity index is 673. The molecule has 0 unspecified atom stereocenters. The quantitative estimate of drug-likeness (QED) is 0.836. The first kappa shape index (κ1) is 17.0. The van der Waals surface area contributed by atoms with E-state index in [-0.39, 0.29) is 11.2 Å². The summed E-state index contributed by atoms with van der Waals surface area (Å²) in [5.41, 5.74) is 1.86. The topological polar surface area (TPSA) is 54.5 Å². The number of hydrogen-bond donors (Lipinski definition) is 0. The molecule has 0 heterocycles. The fourth-order valence-corrected chi connectivity index (χ4v) is 4.50. The van der Waals surface area contributed by atoms with Crippen LogP contribution < -0.4 is 4.90 Å². The highest BCUT2D eigenvalue weighted by Crippen LogP contribution is 2.37. The highest BCUT2D eigenvalue weighted by atomic mass is 32.2. The van der Waals surface area contributed by atoms with Gasteiger partial charge in [-0.1, -0.05) is 26.0 Å². The Labute approximate surface area is 133 Å². The van der Waals surface area contributed by atoms with Gasteiger partial charge in [-0.15, -0.1) is 0 Å². The van der Waals surface area contributed by atoms with Crippen LogP contribution in [0.5, 0.6) is 0 Å². The van der Waals surface area contributed by atoms with Crippen molar-refractivity contribution in [3.63, 3.8) is 0 Å². The minimum Gasteiger partial charge on any atom is -0.314 e. The fraction of sp³-hybridized carbons (Fsp3) is 0.588. The first-order valence-electron chi connectivity index (χ1n) is 7.70. The Morgan fingerprint density at radius 2 is 1.86 bits per heavy atom. The van der Waals surface area contributed by atoms with Crippen LogP contribution >= 0.6 is 0 Å². The number of carbonyl (C=O) groups is 1. The van der Waals surface area contributed by atoms with Crippen LogP contribution in [0.1, 0.15) is 52.0 Å². The second-order valence-corrected chi connectivity index (χ2v) is 9.65. The Morgan fingerprint density at radius 1 is 1.27 bits per heavy atom. The molecule has 0 N–H and O–H groups in total. The van der Waals surface area contributed by atoms with Crippen LogP contribution in [0.3, 0.4) is 0 Å². The third-order valence-electron chi connectivity index (χ3n) is 4.42.